The van der Waals surface area contributed by atoms with Gasteiger partial charge in [-0.3, -0.25) is 14.5 Å². The van der Waals surface area contributed by atoms with Crippen LogP contribution in [0.3, 0.4) is 0 Å². The van der Waals surface area contributed by atoms with E-state index in [-0.39, 0.29) is 12.6 Å². The van der Waals surface area contributed by atoms with Gasteiger partial charge >= 0.3 is 17.8 Å². The molecule has 1 aromatic carbocycles. The van der Waals surface area contributed by atoms with Gasteiger partial charge in [-0.25, -0.2) is 9.69 Å². The number of urea groups is 1. The molecule has 0 radical (unpaired) electrons. The maximum absolute atomic E-state index is 12.6. The Morgan fingerprint density at radius 1 is 1.13 bits per heavy atom. The standard InChI is InChI=1S/C17H20N2O4/c1-12(13-7-3-2-4-8-13)19-16(21)15(20)18(17(19)22)11-14-9-5-6-10-23-14/h2-4,7-8,12,14H,5-6,9-11H2,1H3/t12-,14-/m0/s1. The second-order valence-electron chi connectivity index (χ2n) is 5.95. The molecule has 0 spiro atoms. The van der Waals surface area contributed by atoms with Crippen molar-refractivity contribution < 1.29 is 19.1 Å². The molecule has 4 amide bonds. The topological polar surface area (TPSA) is 66.9 Å². The minimum absolute atomic E-state index is 0.154. The predicted octanol–water partition coefficient (Wildman–Crippen LogP) is 2.11. The van der Waals surface area contributed by atoms with Crippen LogP contribution in [0, 0.1) is 0 Å². The van der Waals surface area contributed by atoms with Crippen LogP contribution in [-0.4, -0.2) is 46.9 Å². The Kier molecular flexibility index (Phi) is 4.43. The Bertz CT molecular complexity index is 610. The summed E-state index contributed by atoms with van der Waals surface area (Å²) < 4.78 is 5.58. The van der Waals surface area contributed by atoms with Crippen LogP contribution in [-0.2, 0) is 14.3 Å². The van der Waals surface area contributed by atoms with Crippen molar-refractivity contribution in [3.63, 3.8) is 0 Å². The largest absolute Gasteiger partial charge is 0.376 e. The molecule has 2 aliphatic rings. The van der Waals surface area contributed by atoms with Crippen molar-refractivity contribution in [1.29, 1.82) is 0 Å². The van der Waals surface area contributed by atoms with E-state index in [0.717, 1.165) is 34.6 Å². The molecule has 122 valence electrons. The van der Waals surface area contributed by atoms with Gasteiger partial charge in [-0.05, 0) is 31.7 Å². The van der Waals surface area contributed by atoms with Gasteiger partial charge in [-0.2, -0.15) is 0 Å². The maximum atomic E-state index is 12.6. The summed E-state index contributed by atoms with van der Waals surface area (Å²) in [6.07, 6.45) is 2.64. The van der Waals surface area contributed by atoms with Crippen molar-refractivity contribution in [2.75, 3.05) is 13.2 Å². The van der Waals surface area contributed by atoms with E-state index >= 15 is 0 Å². The first-order valence-electron chi connectivity index (χ1n) is 7.95. The molecule has 2 heterocycles. The fourth-order valence-corrected chi connectivity index (χ4v) is 3.06. The number of hydrogen-bond donors (Lipinski definition) is 0. The fourth-order valence-electron chi connectivity index (χ4n) is 3.06. The van der Waals surface area contributed by atoms with Crippen molar-refractivity contribution >= 4 is 17.8 Å². The van der Waals surface area contributed by atoms with Crippen LogP contribution in [0.4, 0.5) is 4.79 Å². The molecule has 1 aromatic rings. The van der Waals surface area contributed by atoms with Crippen LogP contribution >= 0.6 is 0 Å². The number of ether oxygens (including phenoxy) is 1. The fraction of sp³-hybridized carbons (Fsp3) is 0.471. The molecule has 0 unspecified atom stereocenters. The lowest BCUT2D eigenvalue weighted by atomic mass is 10.1. The molecule has 3 rings (SSSR count). The summed E-state index contributed by atoms with van der Waals surface area (Å²) in [5, 5.41) is 0. The summed E-state index contributed by atoms with van der Waals surface area (Å²) in [5.41, 5.74) is 0.817. The number of imide groups is 2. The van der Waals surface area contributed by atoms with Crippen molar-refractivity contribution in [3.8, 4) is 0 Å². The second-order valence-corrected chi connectivity index (χ2v) is 5.95. The average molecular weight is 316 g/mol. The molecular formula is C17H20N2O4. The summed E-state index contributed by atoms with van der Waals surface area (Å²) >= 11 is 0. The van der Waals surface area contributed by atoms with Gasteiger partial charge in [-0.15, -0.1) is 0 Å². The maximum Gasteiger partial charge on any atom is 0.334 e. The normalized spacial score (nSPS) is 23.5. The van der Waals surface area contributed by atoms with E-state index in [4.69, 9.17) is 4.74 Å². The van der Waals surface area contributed by atoms with Gasteiger partial charge in [0.2, 0.25) is 0 Å². The third kappa shape index (κ3) is 2.99. The Morgan fingerprint density at radius 2 is 1.87 bits per heavy atom. The molecule has 2 saturated heterocycles. The molecule has 0 bridgehead atoms. The summed E-state index contributed by atoms with van der Waals surface area (Å²) in [6, 6.07) is 8.19. The lowest BCUT2D eigenvalue weighted by Gasteiger charge is -2.26. The summed E-state index contributed by atoms with van der Waals surface area (Å²) in [5.74, 6) is -1.52. The SMILES string of the molecule is C[C@@H](c1ccccc1)N1C(=O)C(=O)N(C[C@@H]2CCCCO2)C1=O. The number of hydrogen-bond acceptors (Lipinski definition) is 4. The smallest absolute Gasteiger partial charge is 0.334 e. The minimum atomic E-state index is -0.762. The third-order valence-corrected chi connectivity index (χ3v) is 4.41. The van der Waals surface area contributed by atoms with Crippen LogP contribution in [0.25, 0.3) is 0 Å². The number of carbonyl (C=O) groups is 3. The second kappa shape index (κ2) is 6.50. The zero-order valence-corrected chi connectivity index (χ0v) is 13.1. The van der Waals surface area contributed by atoms with Crippen LogP contribution in [0.5, 0.6) is 0 Å². The Balaban J connectivity index is 1.76. The highest BCUT2D eigenvalue weighted by Gasteiger charge is 2.47. The van der Waals surface area contributed by atoms with Gasteiger partial charge in [0.25, 0.3) is 0 Å². The molecule has 6 nitrogen and oxygen atoms in total. The number of nitrogens with zero attached hydrogens (tertiary/aromatic N) is 2. The molecule has 0 saturated carbocycles. The minimum Gasteiger partial charge on any atom is -0.376 e. The molecule has 2 fully saturated rings. The highest BCUT2D eigenvalue weighted by molar-refractivity contribution is 6.44. The van der Waals surface area contributed by atoms with Crippen molar-refractivity contribution in [2.24, 2.45) is 0 Å². The van der Waals surface area contributed by atoms with Gasteiger partial charge in [-0.1, -0.05) is 30.3 Å². The monoisotopic (exact) mass is 316 g/mol. The first-order chi connectivity index (χ1) is 11.1. The lowest BCUT2D eigenvalue weighted by molar-refractivity contribution is -0.144. The van der Waals surface area contributed by atoms with E-state index in [1.54, 1.807) is 6.92 Å². The summed E-state index contributed by atoms with van der Waals surface area (Å²) in [7, 11) is 0. The van der Waals surface area contributed by atoms with Crippen LogP contribution < -0.4 is 0 Å². The Morgan fingerprint density at radius 3 is 2.52 bits per heavy atom. The van der Waals surface area contributed by atoms with E-state index in [2.05, 4.69) is 0 Å². The van der Waals surface area contributed by atoms with Gasteiger partial charge < -0.3 is 4.74 Å². The molecular weight excluding hydrogens is 296 g/mol. The van der Waals surface area contributed by atoms with Crippen LogP contribution in [0.15, 0.2) is 30.3 Å². The van der Waals surface area contributed by atoms with E-state index in [0.29, 0.717) is 6.61 Å². The summed E-state index contributed by atoms with van der Waals surface area (Å²) in [6.45, 7) is 2.54. The third-order valence-electron chi connectivity index (χ3n) is 4.41. The number of rotatable bonds is 4. The summed E-state index contributed by atoms with van der Waals surface area (Å²) in [4.78, 5) is 39.1. The Hall–Kier alpha value is -2.21. The van der Waals surface area contributed by atoms with E-state index in [1.807, 2.05) is 30.3 Å². The van der Waals surface area contributed by atoms with E-state index in [9.17, 15) is 14.4 Å². The number of carbonyl (C=O) groups excluding carboxylic acids is 3. The predicted molar refractivity (Wildman–Crippen MR) is 82.4 cm³/mol. The average Bonchev–Trinajstić information content (AvgIpc) is 2.80. The van der Waals surface area contributed by atoms with Crippen LogP contribution in [0.1, 0.15) is 37.8 Å². The van der Waals surface area contributed by atoms with Gasteiger partial charge in [0.05, 0.1) is 18.7 Å². The van der Waals surface area contributed by atoms with Crippen molar-refractivity contribution in [3.05, 3.63) is 35.9 Å². The van der Waals surface area contributed by atoms with Crippen LogP contribution in [0.2, 0.25) is 0 Å². The van der Waals surface area contributed by atoms with E-state index < -0.39 is 23.9 Å². The zero-order chi connectivity index (χ0) is 16.4. The molecule has 0 aromatic heterocycles. The number of amides is 4. The number of benzene rings is 1. The molecule has 23 heavy (non-hydrogen) atoms. The molecule has 0 aliphatic carbocycles. The van der Waals surface area contributed by atoms with E-state index in [1.165, 1.54) is 0 Å². The molecule has 0 N–H and O–H groups in total. The molecule has 2 aliphatic heterocycles. The van der Waals surface area contributed by atoms with Gasteiger partial charge in [0, 0.05) is 6.61 Å². The lowest BCUT2D eigenvalue weighted by Crippen LogP contribution is -2.41. The zero-order valence-electron chi connectivity index (χ0n) is 13.1. The quantitative estimate of drug-likeness (QED) is 0.630. The first kappa shape index (κ1) is 15.7. The highest BCUT2D eigenvalue weighted by Crippen LogP contribution is 2.27. The van der Waals surface area contributed by atoms with Crippen molar-refractivity contribution in [1.82, 2.24) is 9.80 Å². The van der Waals surface area contributed by atoms with Gasteiger partial charge in [0.15, 0.2) is 0 Å². The van der Waals surface area contributed by atoms with Crippen molar-refractivity contribution in [2.45, 2.75) is 38.3 Å². The Labute approximate surface area is 135 Å². The van der Waals surface area contributed by atoms with Gasteiger partial charge in [0.1, 0.15) is 0 Å². The molecule has 6 heteroatoms. The highest BCUT2D eigenvalue weighted by atomic mass is 16.5. The molecule has 2 atom stereocenters. The first-order valence-corrected chi connectivity index (χ1v) is 7.95.